The standard InChI is InChI=1S/C14H19N3OS/c1-10(2)8-19-9-13-16-14(18-17-13)7-11-4-3-5-12(15)6-11/h3-6,10H,7-9,15H2,1-2H3. The molecule has 19 heavy (non-hydrogen) atoms. The summed E-state index contributed by atoms with van der Waals surface area (Å²) in [6, 6.07) is 7.73. The molecule has 0 aliphatic rings. The van der Waals surface area contributed by atoms with Gasteiger partial charge in [-0.15, -0.1) is 0 Å². The van der Waals surface area contributed by atoms with E-state index in [4.69, 9.17) is 10.3 Å². The smallest absolute Gasteiger partial charge is 0.231 e. The van der Waals surface area contributed by atoms with Gasteiger partial charge in [0, 0.05) is 5.69 Å². The van der Waals surface area contributed by atoms with Crippen LogP contribution >= 0.6 is 11.8 Å². The maximum Gasteiger partial charge on any atom is 0.231 e. The van der Waals surface area contributed by atoms with Gasteiger partial charge < -0.3 is 10.3 Å². The van der Waals surface area contributed by atoms with Gasteiger partial charge in [-0.05, 0) is 29.4 Å². The van der Waals surface area contributed by atoms with Gasteiger partial charge in [-0.1, -0.05) is 31.1 Å². The first-order valence-corrected chi connectivity index (χ1v) is 7.52. The molecule has 4 nitrogen and oxygen atoms in total. The van der Waals surface area contributed by atoms with Crippen molar-refractivity contribution in [1.29, 1.82) is 0 Å². The van der Waals surface area contributed by atoms with Gasteiger partial charge in [0.25, 0.3) is 0 Å². The zero-order chi connectivity index (χ0) is 13.7. The van der Waals surface area contributed by atoms with Crippen LogP contribution < -0.4 is 5.73 Å². The second-order valence-corrected chi connectivity index (χ2v) is 5.97. The molecular formula is C14H19N3OS. The zero-order valence-electron chi connectivity index (χ0n) is 11.3. The summed E-state index contributed by atoms with van der Waals surface area (Å²) in [4.78, 5) is 4.39. The van der Waals surface area contributed by atoms with Crippen LogP contribution in [0.25, 0.3) is 0 Å². The van der Waals surface area contributed by atoms with Crippen LogP contribution in [0.3, 0.4) is 0 Å². The van der Waals surface area contributed by atoms with E-state index in [1.807, 2.05) is 36.0 Å². The van der Waals surface area contributed by atoms with Gasteiger partial charge in [0.2, 0.25) is 5.89 Å². The Bertz CT molecular complexity index is 525. The quantitative estimate of drug-likeness (QED) is 0.822. The first-order valence-electron chi connectivity index (χ1n) is 6.37. The Morgan fingerprint density at radius 1 is 1.37 bits per heavy atom. The van der Waals surface area contributed by atoms with Crippen molar-refractivity contribution in [3.63, 3.8) is 0 Å². The number of nitrogens with zero attached hydrogens (tertiary/aromatic N) is 2. The summed E-state index contributed by atoms with van der Waals surface area (Å²) >= 11 is 1.83. The summed E-state index contributed by atoms with van der Waals surface area (Å²) < 4.78 is 5.25. The Kier molecular flexibility index (Phi) is 4.85. The average Bonchev–Trinajstić information content (AvgIpc) is 2.76. The third-order valence-corrected chi connectivity index (χ3v) is 3.86. The predicted octanol–water partition coefficient (Wildman–Crippen LogP) is 3.13. The van der Waals surface area contributed by atoms with Crippen molar-refractivity contribution in [2.75, 3.05) is 11.5 Å². The number of thioether (sulfide) groups is 1. The molecule has 0 unspecified atom stereocenters. The number of rotatable bonds is 6. The molecule has 1 heterocycles. The van der Waals surface area contributed by atoms with E-state index < -0.39 is 0 Å². The molecule has 0 fully saturated rings. The number of aromatic nitrogens is 2. The van der Waals surface area contributed by atoms with Crippen molar-refractivity contribution >= 4 is 17.4 Å². The van der Waals surface area contributed by atoms with Gasteiger partial charge in [-0.2, -0.15) is 16.7 Å². The van der Waals surface area contributed by atoms with E-state index in [2.05, 4.69) is 24.0 Å². The van der Waals surface area contributed by atoms with Gasteiger partial charge in [0.1, 0.15) is 0 Å². The highest BCUT2D eigenvalue weighted by molar-refractivity contribution is 7.98. The highest BCUT2D eigenvalue weighted by atomic mass is 32.2. The summed E-state index contributed by atoms with van der Waals surface area (Å²) in [5.41, 5.74) is 7.58. The first-order chi connectivity index (χ1) is 9.13. The third kappa shape index (κ3) is 4.59. The fraction of sp³-hybridized carbons (Fsp3) is 0.429. The van der Waals surface area contributed by atoms with Gasteiger partial charge in [-0.25, -0.2) is 0 Å². The van der Waals surface area contributed by atoms with E-state index in [0.717, 1.165) is 28.6 Å². The number of hydrogen-bond acceptors (Lipinski definition) is 5. The Morgan fingerprint density at radius 3 is 2.95 bits per heavy atom. The second-order valence-electron chi connectivity index (χ2n) is 4.94. The monoisotopic (exact) mass is 277 g/mol. The lowest BCUT2D eigenvalue weighted by Gasteiger charge is -2.00. The maximum absolute atomic E-state index is 5.74. The molecule has 0 saturated heterocycles. The minimum absolute atomic E-state index is 0.632. The topological polar surface area (TPSA) is 64.9 Å². The molecule has 0 amide bonds. The van der Waals surface area contributed by atoms with E-state index in [1.165, 1.54) is 0 Å². The highest BCUT2D eigenvalue weighted by Gasteiger charge is 2.07. The van der Waals surface area contributed by atoms with E-state index in [9.17, 15) is 0 Å². The van der Waals surface area contributed by atoms with E-state index in [1.54, 1.807) is 0 Å². The number of benzene rings is 1. The molecule has 1 aromatic heterocycles. The van der Waals surface area contributed by atoms with Crippen LogP contribution in [0, 0.1) is 5.92 Å². The molecule has 0 bridgehead atoms. The molecule has 0 aliphatic heterocycles. The minimum Gasteiger partial charge on any atom is -0.399 e. The molecule has 1 aromatic carbocycles. The summed E-state index contributed by atoms with van der Waals surface area (Å²) in [5, 5.41) is 3.99. The van der Waals surface area contributed by atoms with Crippen LogP contribution in [-0.4, -0.2) is 15.9 Å². The molecule has 2 aromatic rings. The Hall–Kier alpha value is -1.49. The van der Waals surface area contributed by atoms with Gasteiger partial charge >= 0.3 is 0 Å². The van der Waals surface area contributed by atoms with Crippen LogP contribution in [0.2, 0.25) is 0 Å². The van der Waals surface area contributed by atoms with Gasteiger partial charge in [-0.3, -0.25) is 0 Å². The summed E-state index contributed by atoms with van der Waals surface area (Å²) in [5.74, 6) is 4.01. The van der Waals surface area contributed by atoms with Gasteiger partial charge in [0.05, 0.1) is 12.2 Å². The molecule has 2 rings (SSSR count). The fourth-order valence-electron chi connectivity index (χ4n) is 1.68. The van der Waals surface area contributed by atoms with Crippen LogP contribution in [0.1, 0.15) is 31.1 Å². The van der Waals surface area contributed by atoms with Crippen LogP contribution in [0.5, 0.6) is 0 Å². The molecular weight excluding hydrogens is 258 g/mol. The molecule has 102 valence electrons. The molecule has 0 radical (unpaired) electrons. The van der Waals surface area contributed by atoms with Gasteiger partial charge in [0.15, 0.2) is 5.82 Å². The lowest BCUT2D eigenvalue weighted by atomic mass is 10.1. The minimum atomic E-state index is 0.632. The Morgan fingerprint density at radius 2 is 2.21 bits per heavy atom. The number of nitrogen functional groups attached to an aromatic ring is 1. The van der Waals surface area contributed by atoms with Crippen LogP contribution in [-0.2, 0) is 12.2 Å². The summed E-state index contributed by atoms with van der Waals surface area (Å²) in [7, 11) is 0. The highest BCUT2D eigenvalue weighted by Crippen LogP contribution is 2.15. The predicted molar refractivity (Wildman–Crippen MR) is 79.0 cm³/mol. The largest absolute Gasteiger partial charge is 0.399 e. The van der Waals surface area contributed by atoms with Crippen molar-refractivity contribution in [3.05, 3.63) is 41.5 Å². The molecule has 0 aliphatic carbocycles. The van der Waals surface area contributed by atoms with Crippen LogP contribution in [0.4, 0.5) is 5.69 Å². The number of nitrogens with two attached hydrogens (primary N) is 1. The van der Waals surface area contributed by atoms with Crippen molar-refractivity contribution in [3.8, 4) is 0 Å². The average molecular weight is 277 g/mol. The number of anilines is 1. The van der Waals surface area contributed by atoms with E-state index in [-0.39, 0.29) is 0 Å². The third-order valence-electron chi connectivity index (χ3n) is 2.50. The second kappa shape index (κ2) is 6.61. The summed E-state index contributed by atoms with van der Waals surface area (Å²) in [6.45, 7) is 4.41. The normalized spacial score (nSPS) is 11.1. The zero-order valence-corrected chi connectivity index (χ0v) is 12.1. The summed E-state index contributed by atoms with van der Waals surface area (Å²) in [6.07, 6.45) is 0.632. The van der Waals surface area contributed by atoms with Crippen molar-refractivity contribution in [1.82, 2.24) is 10.1 Å². The molecule has 2 N–H and O–H groups in total. The first kappa shape index (κ1) is 13.9. The Balaban J connectivity index is 1.90. The Labute approximate surface area is 117 Å². The molecule has 0 spiro atoms. The lowest BCUT2D eigenvalue weighted by Crippen LogP contribution is -1.94. The lowest BCUT2D eigenvalue weighted by molar-refractivity contribution is 0.381. The SMILES string of the molecule is CC(C)CSCc1noc(Cc2cccc(N)c2)n1. The van der Waals surface area contributed by atoms with Crippen molar-refractivity contribution in [2.45, 2.75) is 26.0 Å². The van der Waals surface area contributed by atoms with E-state index in [0.29, 0.717) is 18.2 Å². The number of hydrogen-bond donors (Lipinski definition) is 1. The van der Waals surface area contributed by atoms with Crippen molar-refractivity contribution < 1.29 is 4.52 Å². The van der Waals surface area contributed by atoms with E-state index >= 15 is 0 Å². The molecule has 0 saturated carbocycles. The fourth-order valence-corrected chi connectivity index (χ4v) is 2.57. The molecule has 5 heteroatoms. The van der Waals surface area contributed by atoms with Crippen LogP contribution in [0.15, 0.2) is 28.8 Å². The molecule has 0 atom stereocenters. The maximum atomic E-state index is 5.74. The van der Waals surface area contributed by atoms with Crippen molar-refractivity contribution in [2.24, 2.45) is 5.92 Å².